The fraction of sp³-hybridized carbons (Fsp3) is 0.167. The van der Waals surface area contributed by atoms with Crippen LogP contribution in [0.4, 0.5) is 5.69 Å². The average molecular weight is 219 g/mol. The molecule has 0 aliphatic carbocycles. The van der Waals surface area contributed by atoms with E-state index in [-0.39, 0.29) is 12.2 Å². The summed E-state index contributed by atoms with van der Waals surface area (Å²) in [6.45, 7) is 5.30. The molecular weight excluding hydrogens is 206 g/mol. The molecule has 4 heteroatoms. The Bertz CT molecular complexity index is 420. The first-order valence-corrected chi connectivity index (χ1v) is 4.82. The quantitative estimate of drug-likeness (QED) is 0.208. The Morgan fingerprint density at radius 2 is 1.88 bits per heavy atom. The van der Waals surface area contributed by atoms with Crippen LogP contribution < -0.4 is 5.73 Å². The molecule has 16 heavy (non-hydrogen) atoms. The Morgan fingerprint density at radius 1 is 1.31 bits per heavy atom. The molecule has 0 saturated carbocycles. The minimum Gasteiger partial charge on any atom is -0.462 e. The molecule has 0 atom stereocenters. The summed E-state index contributed by atoms with van der Waals surface area (Å²) in [5.41, 5.74) is 6.23. The lowest BCUT2D eigenvalue weighted by Crippen LogP contribution is -2.15. The molecule has 84 valence electrons. The topological polar surface area (TPSA) is 69.4 Å². The third-order valence-electron chi connectivity index (χ3n) is 1.97. The zero-order valence-corrected chi connectivity index (χ0v) is 9.03. The van der Waals surface area contributed by atoms with Crippen LogP contribution in [0.5, 0.6) is 0 Å². The number of nitrogens with two attached hydrogens (primary N) is 1. The van der Waals surface area contributed by atoms with Crippen molar-refractivity contribution in [3.63, 3.8) is 0 Å². The smallest absolute Gasteiger partial charge is 0.341 e. The summed E-state index contributed by atoms with van der Waals surface area (Å²) < 4.78 is 4.69. The maximum Gasteiger partial charge on any atom is 0.341 e. The summed E-state index contributed by atoms with van der Waals surface area (Å²) in [7, 11) is 0. The van der Waals surface area contributed by atoms with Gasteiger partial charge in [0.1, 0.15) is 5.57 Å². The van der Waals surface area contributed by atoms with Gasteiger partial charge in [0.2, 0.25) is 0 Å². The first-order valence-electron chi connectivity index (χ1n) is 4.82. The van der Waals surface area contributed by atoms with Crippen molar-refractivity contribution in [3.8, 4) is 0 Å². The minimum absolute atomic E-state index is 0.174. The number of rotatable bonds is 4. The highest BCUT2D eigenvalue weighted by Crippen LogP contribution is 2.11. The van der Waals surface area contributed by atoms with E-state index in [0.717, 1.165) is 0 Å². The number of hydrogen-bond acceptors (Lipinski definition) is 4. The molecule has 0 saturated heterocycles. The van der Waals surface area contributed by atoms with Crippen LogP contribution in [0, 0.1) is 0 Å². The molecule has 0 aromatic heterocycles. The number of anilines is 1. The molecule has 0 spiro atoms. The van der Waals surface area contributed by atoms with Crippen LogP contribution in [0.1, 0.15) is 17.3 Å². The van der Waals surface area contributed by atoms with Gasteiger partial charge in [0.15, 0.2) is 5.78 Å². The Kier molecular flexibility index (Phi) is 3.83. The van der Waals surface area contributed by atoms with Crippen molar-refractivity contribution >= 4 is 17.4 Å². The summed E-state index contributed by atoms with van der Waals surface area (Å²) in [5.74, 6) is -1.14. The van der Waals surface area contributed by atoms with Crippen LogP contribution in [0.3, 0.4) is 0 Å². The van der Waals surface area contributed by atoms with Crippen LogP contribution in [-0.2, 0) is 9.53 Å². The summed E-state index contributed by atoms with van der Waals surface area (Å²) in [4.78, 5) is 23.0. The van der Waals surface area contributed by atoms with E-state index in [4.69, 9.17) is 5.73 Å². The van der Waals surface area contributed by atoms with Crippen molar-refractivity contribution in [2.45, 2.75) is 6.92 Å². The number of esters is 1. The Morgan fingerprint density at radius 3 is 2.38 bits per heavy atom. The summed E-state index contributed by atoms with van der Waals surface area (Å²) in [6, 6.07) is 6.27. The number of Topliss-reactive ketones (excluding diaryl/α,β-unsaturated/α-hetero) is 1. The molecule has 0 fully saturated rings. The van der Waals surface area contributed by atoms with Gasteiger partial charge in [-0.15, -0.1) is 0 Å². The third-order valence-corrected chi connectivity index (χ3v) is 1.97. The number of hydrogen-bond donors (Lipinski definition) is 1. The second kappa shape index (κ2) is 5.11. The molecule has 0 radical (unpaired) electrons. The van der Waals surface area contributed by atoms with Gasteiger partial charge in [-0.3, -0.25) is 4.79 Å². The van der Waals surface area contributed by atoms with Gasteiger partial charge in [0.05, 0.1) is 6.61 Å². The maximum absolute atomic E-state index is 11.7. The van der Waals surface area contributed by atoms with Crippen LogP contribution in [0.25, 0.3) is 0 Å². The molecule has 1 aromatic rings. The molecule has 0 aliphatic rings. The molecule has 0 bridgehead atoms. The summed E-state index contributed by atoms with van der Waals surface area (Å²) in [6.07, 6.45) is 0. The highest BCUT2D eigenvalue weighted by atomic mass is 16.5. The minimum atomic E-state index is -0.690. The average Bonchev–Trinajstić information content (AvgIpc) is 2.28. The standard InChI is InChI=1S/C12H13NO3/c1-3-16-12(15)8(2)11(14)9-4-6-10(13)7-5-9/h4-7H,2-3,13H2,1H3. The van der Waals surface area contributed by atoms with Gasteiger partial charge < -0.3 is 10.5 Å². The summed E-state index contributed by atoms with van der Waals surface area (Å²) in [5, 5.41) is 0. The van der Waals surface area contributed by atoms with Crippen molar-refractivity contribution in [2.75, 3.05) is 12.3 Å². The normalized spacial score (nSPS) is 9.56. The van der Waals surface area contributed by atoms with Gasteiger partial charge in [0.25, 0.3) is 0 Å². The first kappa shape index (κ1) is 12.0. The van der Waals surface area contributed by atoms with Gasteiger partial charge in [-0.1, -0.05) is 6.58 Å². The number of carbonyl (C=O) groups excluding carboxylic acids is 2. The Labute approximate surface area is 93.7 Å². The van der Waals surface area contributed by atoms with Gasteiger partial charge in [-0.2, -0.15) is 0 Å². The first-order chi connectivity index (χ1) is 7.56. The summed E-state index contributed by atoms with van der Waals surface area (Å²) >= 11 is 0. The van der Waals surface area contributed by atoms with Gasteiger partial charge in [0, 0.05) is 11.3 Å². The van der Waals surface area contributed by atoms with Crippen molar-refractivity contribution < 1.29 is 14.3 Å². The SMILES string of the molecule is C=C(C(=O)OCC)C(=O)c1ccc(N)cc1. The van der Waals surface area contributed by atoms with E-state index in [1.807, 2.05) is 0 Å². The fourth-order valence-electron chi connectivity index (χ4n) is 1.12. The van der Waals surface area contributed by atoms with Crippen molar-refractivity contribution in [1.82, 2.24) is 0 Å². The van der Waals surface area contributed by atoms with Crippen LogP contribution in [0.15, 0.2) is 36.4 Å². The van der Waals surface area contributed by atoms with Crippen LogP contribution in [-0.4, -0.2) is 18.4 Å². The van der Waals surface area contributed by atoms with Crippen molar-refractivity contribution in [1.29, 1.82) is 0 Å². The zero-order valence-electron chi connectivity index (χ0n) is 9.03. The Hall–Kier alpha value is -2.10. The molecule has 0 aliphatic heterocycles. The fourth-order valence-corrected chi connectivity index (χ4v) is 1.12. The molecule has 0 amide bonds. The largest absolute Gasteiger partial charge is 0.462 e. The predicted molar refractivity (Wildman–Crippen MR) is 61.0 cm³/mol. The highest BCUT2D eigenvalue weighted by Gasteiger charge is 2.18. The Balaban J connectivity index is 2.82. The van der Waals surface area contributed by atoms with E-state index in [1.54, 1.807) is 31.2 Å². The lowest BCUT2D eigenvalue weighted by atomic mass is 10.0. The van der Waals surface area contributed by atoms with Gasteiger partial charge in [-0.25, -0.2) is 4.79 Å². The molecule has 0 heterocycles. The number of benzene rings is 1. The monoisotopic (exact) mass is 219 g/mol. The predicted octanol–water partition coefficient (Wildman–Crippen LogP) is 1.57. The van der Waals surface area contributed by atoms with Crippen LogP contribution >= 0.6 is 0 Å². The maximum atomic E-state index is 11.7. The third kappa shape index (κ3) is 2.70. The van der Waals surface area contributed by atoms with Crippen LogP contribution in [0.2, 0.25) is 0 Å². The molecule has 0 unspecified atom stereocenters. The van der Waals surface area contributed by atoms with E-state index in [9.17, 15) is 9.59 Å². The second-order valence-electron chi connectivity index (χ2n) is 3.15. The van der Waals surface area contributed by atoms with Crippen molar-refractivity contribution in [3.05, 3.63) is 42.0 Å². The van der Waals surface area contributed by atoms with Crippen molar-refractivity contribution in [2.24, 2.45) is 0 Å². The molecular formula is C12H13NO3. The van der Waals surface area contributed by atoms with Gasteiger partial charge in [-0.05, 0) is 31.2 Å². The second-order valence-corrected chi connectivity index (χ2v) is 3.15. The number of ketones is 1. The highest BCUT2D eigenvalue weighted by molar-refractivity contribution is 6.23. The lowest BCUT2D eigenvalue weighted by Gasteiger charge is -2.04. The molecule has 1 rings (SSSR count). The molecule has 4 nitrogen and oxygen atoms in total. The number of nitrogen functional groups attached to an aromatic ring is 1. The molecule has 2 N–H and O–H groups in total. The van der Waals surface area contributed by atoms with E-state index in [0.29, 0.717) is 11.3 Å². The van der Waals surface area contributed by atoms with E-state index >= 15 is 0 Å². The zero-order chi connectivity index (χ0) is 12.1. The number of ether oxygens (including phenoxy) is 1. The van der Waals surface area contributed by atoms with E-state index in [1.165, 1.54) is 0 Å². The van der Waals surface area contributed by atoms with Gasteiger partial charge >= 0.3 is 5.97 Å². The van der Waals surface area contributed by atoms with E-state index < -0.39 is 11.8 Å². The molecule has 1 aromatic carbocycles. The number of carbonyl (C=O) groups is 2. The van der Waals surface area contributed by atoms with E-state index in [2.05, 4.69) is 11.3 Å². The lowest BCUT2D eigenvalue weighted by molar-refractivity contribution is -0.138.